The molecule has 3 N–H and O–H groups in total. The van der Waals surface area contributed by atoms with E-state index in [1.165, 1.54) is 63.1 Å². The molecule has 5 amide bonds. The number of Topliss-reactive ketones (excluding diaryl/α,β-unsaturated/α-hetero) is 1. The Hall–Kier alpha value is -10.6. The van der Waals surface area contributed by atoms with Gasteiger partial charge in [0.2, 0.25) is 29.5 Å². The van der Waals surface area contributed by atoms with E-state index in [2.05, 4.69) is 63.6 Å². The van der Waals surface area contributed by atoms with E-state index in [9.17, 15) is 33.6 Å². The van der Waals surface area contributed by atoms with E-state index in [0.29, 0.717) is 78.8 Å². The van der Waals surface area contributed by atoms with Gasteiger partial charge in [0.05, 0.1) is 71.7 Å². The van der Waals surface area contributed by atoms with Gasteiger partial charge in [-0.1, -0.05) is 365 Å². The lowest BCUT2D eigenvalue weighted by molar-refractivity contribution is -0.141. The highest BCUT2D eigenvalue weighted by molar-refractivity contribution is 6.44. The van der Waals surface area contributed by atoms with Gasteiger partial charge in [0.15, 0.2) is 5.78 Å². The molecule has 0 saturated heterocycles. The van der Waals surface area contributed by atoms with Gasteiger partial charge in [-0.2, -0.15) is 0 Å². The van der Waals surface area contributed by atoms with Crippen molar-refractivity contribution in [2.45, 2.75) is 142 Å². The second-order valence-corrected chi connectivity index (χ2v) is 37.2. The number of allylic oxidation sites excluding steroid dienone is 4. The zero-order valence-electron chi connectivity index (χ0n) is 74.9. The summed E-state index contributed by atoms with van der Waals surface area (Å²) in [6.07, 6.45) is 14.3. The predicted molar refractivity (Wildman–Crippen MR) is 556 cm³/mol. The fourth-order valence-corrected chi connectivity index (χ4v) is 19.4. The van der Waals surface area contributed by atoms with Crippen molar-refractivity contribution in [3.63, 3.8) is 0 Å². The third-order valence-electron chi connectivity index (χ3n) is 23.5. The van der Waals surface area contributed by atoms with E-state index < -0.39 is 5.97 Å². The van der Waals surface area contributed by atoms with Crippen molar-refractivity contribution in [2.75, 3.05) is 0 Å². The van der Waals surface area contributed by atoms with Crippen LogP contribution in [0.15, 0.2) is 284 Å². The van der Waals surface area contributed by atoms with Crippen LogP contribution >= 0.6 is 139 Å². The molecule has 0 aliphatic heterocycles. The minimum Gasteiger partial charge on any atom is -0.326 e. The molecule has 0 radical (unpaired) electrons. The molecule has 0 spiro atoms. The van der Waals surface area contributed by atoms with Crippen LogP contribution < -0.4 is 16.0 Å². The minimum absolute atomic E-state index is 0.0611. The first kappa shape index (κ1) is 103. The molecule has 692 valence electrons. The van der Waals surface area contributed by atoms with E-state index in [-0.39, 0.29) is 70.8 Å². The van der Waals surface area contributed by atoms with E-state index in [0.717, 1.165) is 145 Å². The third-order valence-corrected chi connectivity index (χ3v) is 27.9. The van der Waals surface area contributed by atoms with Gasteiger partial charge in [-0.15, -0.1) is 0 Å². The summed E-state index contributed by atoms with van der Waals surface area (Å²) in [5, 5.41) is 19.4. The van der Waals surface area contributed by atoms with Gasteiger partial charge in [-0.3, -0.25) is 33.7 Å². The molecule has 0 bridgehead atoms. The normalized spacial score (nSPS) is 16.9. The van der Waals surface area contributed by atoms with Crippen molar-refractivity contribution >= 4 is 209 Å². The molecule has 0 heterocycles. The molecular weight excluding hydrogens is 1940 g/mol. The number of carbonyl (C=O) groups excluding carboxylic acids is 7. The number of rotatable bonds is 11. The van der Waals surface area contributed by atoms with Gasteiger partial charge in [0.1, 0.15) is 0 Å². The Bertz CT molecular complexity index is 6340. The molecule has 6 aliphatic rings. The molecule has 0 fully saturated rings. The lowest BCUT2D eigenvalue weighted by atomic mass is 9.78. The van der Waals surface area contributed by atoms with E-state index in [1.807, 2.05) is 244 Å². The van der Waals surface area contributed by atoms with Crippen molar-refractivity contribution in [1.29, 1.82) is 0 Å². The number of fused-ring (bicyclic) bond motifs is 6. The van der Waals surface area contributed by atoms with Crippen molar-refractivity contribution in [2.24, 2.45) is 5.16 Å². The maximum atomic E-state index is 12.0. The van der Waals surface area contributed by atoms with Crippen LogP contribution in [0.25, 0.3) is 22.8 Å². The fraction of sp³-hybridized carbons (Fsp3) is 0.200. The second-order valence-electron chi connectivity index (χ2n) is 32.3. The van der Waals surface area contributed by atoms with Crippen molar-refractivity contribution in [1.82, 2.24) is 20.9 Å². The minimum atomic E-state index is -0.415. The maximum absolute atomic E-state index is 12.0. The first-order chi connectivity index (χ1) is 64.8. The molecule has 135 heavy (non-hydrogen) atoms. The summed E-state index contributed by atoms with van der Waals surface area (Å²) in [5.41, 5.74) is 23.5. The quantitative estimate of drug-likeness (QED) is 0.0845. The molecule has 12 aromatic carbocycles. The van der Waals surface area contributed by atoms with Crippen LogP contribution in [0, 0.1) is 0 Å². The van der Waals surface area contributed by atoms with Crippen LogP contribution in [0.4, 0.5) is 0 Å². The molecule has 18 rings (SSSR count). The maximum Gasteiger partial charge on any atom is 0.331 e. The fourth-order valence-electron chi connectivity index (χ4n) is 17.6. The zero-order chi connectivity index (χ0) is 97.0. The van der Waals surface area contributed by atoms with Crippen LogP contribution in [0.3, 0.4) is 0 Å². The Morgan fingerprint density at radius 2 is 0.541 bits per heavy atom. The van der Waals surface area contributed by atoms with Gasteiger partial charge in [0.25, 0.3) is 0 Å². The molecule has 0 saturated carbocycles. The third kappa shape index (κ3) is 26.0. The molecule has 25 heteroatoms. The van der Waals surface area contributed by atoms with Gasteiger partial charge >= 0.3 is 5.97 Å². The van der Waals surface area contributed by atoms with Crippen LogP contribution in [0.5, 0.6) is 0 Å². The number of nitrogens with one attached hydrogen (secondary N) is 3. The first-order valence-electron chi connectivity index (χ1n) is 43.8. The second kappa shape index (κ2) is 48.4. The Labute approximate surface area is 847 Å². The van der Waals surface area contributed by atoms with Gasteiger partial charge in [-0.05, 0) is 185 Å². The number of hydrogen-bond acceptors (Lipinski definition) is 9. The lowest BCUT2D eigenvalue weighted by Gasteiger charge is -2.30. The molecule has 6 atom stereocenters. The number of carbonyl (C=O) groups is 7. The number of ketones is 1. The number of oxime groups is 1. The van der Waals surface area contributed by atoms with Crippen molar-refractivity contribution in [3.8, 4) is 0 Å². The summed E-state index contributed by atoms with van der Waals surface area (Å²) in [7, 11) is 0. The first-order valence-corrected chi connectivity index (χ1v) is 48.3. The molecule has 0 unspecified atom stereocenters. The monoisotopic (exact) mass is 2030 g/mol. The van der Waals surface area contributed by atoms with E-state index in [4.69, 9.17) is 144 Å². The largest absolute Gasteiger partial charge is 0.331 e. The summed E-state index contributed by atoms with van der Waals surface area (Å²) in [6.45, 7) is 12.7. The van der Waals surface area contributed by atoms with Gasteiger partial charge < -0.3 is 20.8 Å². The van der Waals surface area contributed by atoms with Crippen molar-refractivity contribution in [3.05, 3.63) is 440 Å². The van der Waals surface area contributed by atoms with Crippen LogP contribution in [0.1, 0.15) is 247 Å². The average molecular weight is 2040 g/mol. The number of amides is 5. The summed E-state index contributed by atoms with van der Waals surface area (Å²) in [6, 6.07) is 82.4. The summed E-state index contributed by atoms with van der Waals surface area (Å²) >= 11 is 72.9. The van der Waals surface area contributed by atoms with E-state index in [1.54, 1.807) is 6.07 Å². The number of imide groups is 1. The predicted octanol–water partition coefficient (Wildman–Crippen LogP) is 31.6. The molecule has 6 aliphatic carbocycles. The van der Waals surface area contributed by atoms with Crippen LogP contribution in [-0.2, 0) is 33.6 Å². The smallest absolute Gasteiger partial charge is 0.326 e. The topological polar surface area (TPSA) is 180 Å². The highest BCUT2D eigenvalue weighted by Crippen LogP contribution is 2.47. The van der Waals surface area contributed by atoms with E-state index >= 15 is 0 Å². The number of benzene rings is 12. The Balaban J connectivity index is 0.000000145. The number of halogens is 12. The van der Waals surface area contributed by atoms with Crippen molar-refractivity contribution < 1.29 is 38.4 Å². The zero-order valence-corrected chi connectivity index (χ0v) is 83.9. The lowest BCUT2D eigenvalue weighted by Crippen LogP contribution is -2.33. The van der Waals surface area contributed by atoms with Crippen LogP contribution in [0.2, 0.25) is 60.3 Å². The summed E-state index contributed by atoms with van der Waals surface area (Å²) in [4.78, 5) is 87.0. The number of nitrogens with zero attached hydrogens (tertiary/aromatic N) is 2. The molecular formula is C110H95Cl12N5O8. The van der Waals surface area contributed by atoms with Gasteiger partial charge in [0, 0.05) is 134 Å². The van der Waals surface area contributed by atoms with Gasteiger partial charge in [-0.25, -0.2) is 4.79 Å². The average Bonchev–Trinajstić information content (AvgIpc) is 0.766. The molecule has 0 aromatic heterocycles. The standard InChI is InChI=1S/C20H17Cl2NO2.C18H15Cl2NO2.3C18H15Cl2NO.C16H12Cl2O.C2H6/c1-12(24)23(13(2)25)20-10-8-15(16-5-3-4-6-17(16)20)14-7-9-18(21)19(22)11-14;1-11(22)23-21-18-9-7-13(14-4-2-3-5-15(14)18)12-6-8-16(19)17(20)10-12;3*1-11(22)21-18-9-7-13(14-4-2-3-5-15(14)18)12-6-8-16(19)17(20)10-12;17-14-7-5-10(9-15(14)18)11-6-8-16(19)13-4-2-1-3-12(11)13;1-2/h3-7,9-11,15H,8H2,1-2H3;2-6,8,10,13H,7,9H2,1H3;3*2-6,8-10,13H,7H2,1H3,(H,21,22);1-5,7,9,11H,6,8H2;1-2H3/b;21-18+;;;;;/t15-;4*13-;11-;/m000000./s1. The van der Waals surface area contributed by atoms with Crippen LogP contribution in [-0.4, -0.2) is 51.9 Å². The molecule has 13 nitrogen and oxygen atoms in total. The summed E-state index contributed by atoms with van der Waals surface area (Å²) in [5.74, 6) is 0.223. The molecule has 12 aromatic rings. The Morgan fingerprint density at radius 1 is 0.296 bits per heavy atom. The Kier molecular flexibility index (Phi) is 37.1. The SMILES string of the molecule is CC.CC(=O)N(C(C)=O)C1=CC[C@@H](c2ccc(Cl)c(Cl)c2)c2ccccc21.CC(=O)NC1=CC[C@@H](c2ccc(Cl)c(Cl)c2)c2ccccc21.CC(=O)NC1=CC[C@@H](c2ccc(Cl)c(Cl)c2)c2ccccc21.CC(=O)NC1=CC[C@@H](c2ccc(Cl)c(Cl)c2)c2ccccc21.CC(=O)O/N=C1\CC[C@@H](c2ccc(Cl)c(Cl)c2)c2ccccc21.O=C1CC[C@@H](c2ccc(Cl)c(Cl)c2)c2ccccc21. The highest BCUT2D eigenvalue weighted by Gasteiger charge is 2.34. The summed E-state index contributed by atoms with van der Waals surface area (Å²) < 4.78 is 0. The number of hydrogen-bond donors (Lipinski definition) is 3. The Morgan fingerprint density at radius 3 is 0.830 bits per heavy atom. The highest BCUT2D eigenvalue weighted by atomic mass is 35.5.